The first kappa shape index (κ1) is 20.3. The highest BCUT2D eigenvalue weighted by Crippen LogP contribution is 2.32. The average Bonchev–Trinajstić information content (AvgIpc) is 2.60. The summed E-state index contributed by atoms with van der Waals surface area (Å²) < 4.78 is 0. The Morgan fingerprint density at radius 3 is 1.96 bits per heavy atom. The van der Waals surface area contributed by atoms with Gasteiger partial charge in [-0.1, -0.05) is 115 Å². The van der Waals surface area contributed by atoms with Gasteiger partial charge in [-0.25, -0.2) is 0 Å². The van der Waals surface area contributed by atoms with Gasteiger partial charge in [0.05, 0.1) is 0 Å². The third-order valence-electron chi connectivity index (χ3n) is 5.31. The lowest BCUT2D eigenvalue weighted by molar-refractivity contribution is 0.354. The molecule has 0 spiro atoms. The molecule has 0 N–H and O–H groups in total. The van der Waals surface area contributed by atoms with E-state index >= 15 is 0 Å². The third kappa shape index (κ3) is 9.18. The van der Waals surface area contributed by atoms with E-state index in [2.05, 4.69) is 51.1 Å². The van der Waals surface area contributed by atoms with E-state index in [1.165, 1.54) is 77.0 Å². The molecule has 0 saturated heterocycles. The molecule has 0 nitrogen and oxygen atoms in total. The molecule has 1 aromatic rings. The minimum Gasteiger partial charge on any atom is -0.0654 e. The van der Waals surface area contributed by atoms with Gasteiger partial charge < -0.3 is 0 Å². The molecule has 132 valence electrons. The van der Waals surface area contributed by atoms with E-state index in [-0.39, 0.29) is 0 Å². The van der Waals surface area contributed by atoms with Crippen LogP contribution in [-0.4, -0.2) is 0 Å². The fraction of sp³-hybridized carbons (Fsp3) is 0.739. The summed E-state index contributed by atoms with van der Waals surface area (Å²) in [6, 6.07) is 11.2. The molecule has 0 fully saturated rings. The van der Waals surface area contributed by atoms with Gasteiger partial charge in [-0.05, 0) is 30.2 Å². The fourth-order valence-corrected chi connectivity index (χ4v) is 3.75. The zero-order valence-corrected chi connectivity index (χ0v) is 16.0. The summed E-state index contributed by atoms with van der Waals surface area (Å²) in [6.07, 6.45) is 16.9. The highest BCUT2D eigenvalue weighted by atomic mass is 14.2. The van der Waals surface area contributed by atoms with Crippen molar-refractivity contribution in [3.05, 3.63) is 35.9 Å². The van der Waals surface area contributed by atoms with Crippen molar-refractivity contribution < 1.29 is 0 Å². The standard InChI is InChI=1S/C23H40/c1-4-7-9-10-11-13-17-21(16-8-5-2)20-22(6-3)23-18-14-12-15-19-23/h12,14-15,18-19,21-22H,4-11,13,16-17,20H2,1-3H3. The number of unbranched alkanes of at least 4 members (excludes halogenated alkanes) is 6. The lowest BCUT2D eigenvalue weighted by Crippen LogP contribution is -2.08. The van der Waals surface area contributed by atoms with Gasteiger partial charge in [0.15, 0.2) is 0 Å². The molecule has 0 heteroatoms. The van der Waals surface area contributed by atoms with Gasteiger partial charge in [-0.2, -0.15) is 0 Å². The Bertz CT molecular complexity index is 354. The van der Waals surface area contributed by atoms with Gasteiger partial charge in [0.1, 0.15) is 0 Å². The first-order valence-electron chi connectivity index (χ1n) is 10.4. The summed E-state index contributed by atoms with van der Waals surface area (Å²) in [5.41, 5.74) is 1.56. The van der Waals surface area contributed by atoms with Crippen molar-refractivity contribution in [3.63, 3.8) is 0 Å². The summed E-state index contributed by atoms with van der Waals surface area (Å²) in [6.45, 7) is 6.99. The highest BCUT2D eigenvalue weighted by Gasteiger charge is 2.16. The van der Waals surface area contributed by atoms with E-state index in [1.54, 1.807) is 5.56 Å². The maximum Gasteiger partial charge on any atom is -0.0162 e. The predicted molar refractivity (Wildman–Crippen MR) is 105 cm³/mol. The van der Waals surface area contributed by atoms with Crippen LogP contribution in [0.4, 0.5) is 0 Å². The highest BCUT2D eigenvalue weighted by molar-refractivity contribution is 5.19. The summed E-state index contributed by atoms with van der Waals surface area (Å²) >= 11 is 0. The number of benzene rings is 1. The number of hydrogen-bond donors (Lipinski definition) is 0. The maximum absolute atomic E-state index is 2.36. The van der Waals surface area contributed by atoms with Crippen molar-refractivity contribution in [1.29, 1.82) is 0 Å². The quantitative estimate of drug-likeness (QED) is 0.304. The molecule has 0 amide bonds. The van der Waals surface area contributed by atoms with Crippen molar-refractivity contribution >= 4 is 0 Å². The lowest BCUT2D eigenvalue weighted by atomic mass is 9.82. The first-order valence-corrected chi connectivity index (χ1v) is 10.4. The molecule has 0 bridgehead atoms. The van der Waals surface area contributed by atoms with Gasteiger partial charge >= 0.3 is 0 Å². The van der Waals surface area contributed by atoms with Gasteiger partial charge in [-0.15, -0.1) is 0 Å². The van der Waals surface area contributed by atoms with Crippen LogP contribution in [0.3, 0.4) is 0 Å². The van der Waals surface area contributed by atoms with Crippen molar-refractivity contribution in [1.82, 2.24) is 0 Å². The van der Waals surface area contributed by atoms with Gasteiger partial charge in [0, 0.05) is 0 Å². The van der Waals surface area contributed by atoms with Crippen LogP contribution in [0.2, 0.25) is 0 Å². The van der Waals surface area contributed by atoms with Crippen LogP contribution in [0.15, 0.2) is 30.3 Å². The van der Waals surface area contributed by atoms with Crippen LogP contribution in [0.1, 0.15) is 109 Å². The van der Waals surface area contributed by atoms with Crippen LogP contribution >= 0.6 is 0 Å². The number of rotatable bonds is 14. The van der Waals surface area contributed by atoms with Crippen molar-refractivity contribution in [2.24, 2.45) is 5.92 Å². The van der Waals surface area contributed by atoms with Crippen LogP contribution in [0.25, 0.3) is 0 Å². The molecule has 0 aromatic heterocycles. The molecule has 0 radical (unpaired) electrons. The van der Waals surface area contributed by atoms with Crippen LogP contribution in [0, 0.1) is 5.92 Å². The van der Waals surface area contributed by atoms with E-state index in [0.717, 1.165) is 11.8 Å². The smallest absolute Gasteiger partial charge is 0.0162 e. The topological polar surface area (TPSA) is 0 Å². The molecule has 0 aliphatic carbocycles. The average molecular weight is 317 g/mol. The Morgan fingerprint density at radius 2 is 1.30 bits per heavy atom. The van der Waals surface area contributed by atoms with E-state index in [0.29, 0.717) is 0 Å². The first-order chi connectivity index (χ1) is 11.3. The number of hydrogen-bond acceptors (Lipinski definition) is 0. The second-order valence-electron chi connectivity index (χ2n) is 7.32. The minimum absolute atomic E-state index is 0.762. The Balaban J connectivity index is 2.42. The van der Waals surface area contributed by atoms with Gasteiger partial charge in [0.25, 0.3) is 0 Å². The second-order valence-corrected chi connectivity index (χ2v) is 7.32. The molecule has 2 atom stereocenters. The molecule has 0 saturated carbocycles. The molecule has 2 unspecified atom stereocenters. The predicted octanol–water partition coefficient (Wildman–Crippen LogP) is 8.13. The lowest BCUT2D eigenvalue weighted by Gasteiger charge is -2.23. The van der Waals surface area contributed by atoms with Crippen LogP contribution < -0.4 is 0 Å². The molecule has 0 aliphatic rings. The summed E-state index contributed by atoms with van der Waals surface area (Å²) in [5.74, 6) is 1.70. The molecule has 0 aliphatic heterocycles. The van der Waals surface area contributed by atoms with Crippen LogP contribution in [0.5, 0.6) is 0 Å². The summed E-state index contributed by atoms with van der Waals surface area (Å²) in [4.78, 5) is 0. The molecule has 1 aromatic carbocycles. The Hall–Kier alpha value is -0.780. The van der Waals surface area contributed by atoms with E-state index in [9.17, 15) is 0 Å². The van der Waals surface area contributed by atoms with Crippen molar-refractivity contribution in [2.45, 2.75) is 104 Å². The minimum atomic E-state index is 0.762. The van der Waals surface area contributed by atoms with Crippen LogP contribution in [-0.2, 0) is 0 Å². The van der Waals surface area contributed by atoms with Gasteiger partial charge in [-0.3, -0.25) is 0 Å². The Kier molecular flexibility index (Phi) is 12.0. The zero-order valence-electron chi connectivity index (χ0n) is 16.0. The van der Waals surface area contributed by atoms with Crippen molar-refractivity contribution in [3.8, 4) is 0 Å². The summed E-state index contributed by atoms with van der Waals surface area (Å²) in [5, 5.41) is 0. The Labute approximate surface area is 146 Å². The SMILES string of the molecule is CCCCCCCCC(CCCC)CC(CC)c1ccccc1. The van der Waals surface area contributed by atoms with E-state index < -0.39 is 0 Å². The molecule has 1 rings (SSSR count). The molecule has 0 heterocycles. The van der Waals surface area contributed by atoms with E-state index in [1.807, 2.05) is 0 Å². The fourth-order valence-electron chi connectivity index (χ4n) is 3.75. The van der Waals surface area contributed by atoms with Crippen molar-refractivity contribution in [2.75, 3.05) is 0 Å². The molecular formula is C23H40. The van der Waals surface area contributed by atoms with E-state index in [4.69, 9.17) is 0 Å². The third-order valence-corrected chi connectivity index (χ3v) is 5.31. The van der Waals surface area contributed by atoms with Gasteiger partial charge in [0.2, 0.25) is 0 Å². The normalized spacial score (nSPS) is 13.9. The Morgan fingerprint density at radius 1 is 0.696 bits per heavy atom. The zero-order chi connectivity index (χ0) is 16.8. The monoisotopic (exact) mass is 316 g/mol. The second kappa shape index (κ2) is 13.6. The molecule has 23 heavy (non-hydrogen) atoms. The maximum atomic E-state index is 2.36. The summed E-state index contributed by atoms with van der Waals surface area (Å²) in [7, 11) is 0. The molecular weight excluding hydrogens is 276 g/mol. The largest absolute Gasteiger partial charge is 0.0654 e.